The lowest BCUT2D eigenvalue weighted by Gasteiger charge is -2.30. The van der Waals surface area contributed by atoms with Crippen LogP contribution < -0.4 is 27.0 Å². The summed E-state index contributed by atoms with van der Waals surface area (Å²) in [6, 6.07) is -3.08. The van der Waals surface area contributed by atoms with Gasteiger partial charge in [0.2, 0.25) is 35.4 Å². The van der Waals surface area contributed by atoms with Crippen molar-refractivity contribution in [2.75, 3.05) is 19.6 Å². The predicted octanol–water partition coefficient (Wildman–Crippen LogP) is 0.437. The van der Waals surface area contributed by atoms with Crippen LogP contribution in [0.1, 0.15) is 96.5 Å². The molecule has 2 aliphatic rings. The number of carbonyl (C=O) groups excluding carboxylic acids is 4. The minimum atomic E-state index is -0.833. The standard InChI is InChI=1S/C26H44N8O5/c1-5-17-24-32-33-25(39-24)18(9-6-7-11-27)30-21(35)14-28-22(36)19(13-15(2)3)31-23(37)20-10-8-12-34(20)26(38)16(4)29-17/h15-20,29H,5-14,27H2,1-4H3,(H,28,36)(H,30,35)(H,31,37)/t16-,17?,18-,19-,20-/m0/s1. The van der Waals surface area contributed by atoms with Crippen molar-refractivity contribution in [1.82, 2.24) is 36.4 Å². The molecule has 1 aromatic rings. The van der Waals surface area contributed by atoms with Crippen LogP contribution in [0.25, 0.3) is 0 Å². The van der Waals surface area contributed by atoms with Crippen LogP contribution in [-0.2, 0) is 19.2 Å². The van der Waals surface area contributed by atoms with Crippen LogP contribution in [0.15, 0.2) is 4.42 Å². The summed E-state index contributed by atoms with van der Waals surface area (Å²) in [4.78, 5) is 54.2. The molecule has 218 valence electrons. The second-order valence-electron chi connectivity index (χ2n) is 10.8. The molecule has 2 aliphatic heterocycles. The van der Waals surface area contributed by atoms with Crippen LogP contribution in [0.5, 0.6) is 0 Å². The van der Waals surface area contributed by atoms with Gasteiger partial charge >= 0.3 is 0 Å². The van der Waals surface area contributed by atoms with E-state index in [0.717, 1.165) is 12.8 Å². The molecule has 2 bridgehead atoms. The van der Waals surface area contributed by atoms with Crippen molar-refractivity contribution in [3.8, 4) is 0 Å². The molecule has 1 unspecified atom stereocenters. The zero-order valence-electron chi connectivity index (χ0n) is 23.5. The molecule has 4 amide bonds. The van der Waals surface area contributed by atoms with Crippen LogP contribution >= 0.6 is 0 Å². The highest BCUT2D eigenvalue weighted by atomic mass is 16.4. The third-order valence-corrected chi connectivity index (χ3v) is 7.17. The average molecular weight is 549 g/mol. The van der Waals surface area contributed by atoms with Gasteiger partial charge in [-0.05, 0) is 64.3 Å². The van der Waals surface area contributed by atoms with Gasteiger partial charge in [-0.15, -0.1) is 10.2 Å². The number of unbranched alkanes of at least 4 members (excludes halogenated alkanes) is 1. The number of hydrogen-bond donors (Lipinski definition) is 5. The minimum absolute atomic E-state index is 0.114. The first-order valence-corrected chi connectivity index (χ1v) is 14.1. The Bertz CT molecular complexity index is 999. The third kappa shape index (κ3) is 8.21. The van der Waals surface area contributed by atoms with Gasteiger partial charge in [0.25, 0.3) is 0 Å². The van der Waals surface area contributed by atoms with Crippen LogP contribution in [0.2, 0.25) is 0 Å². The maximum Gasteiger partial charge on any atom is 0.243 e. The third-order valence-electron chi connectivity index (χ3n) is 7.17. The van der Waals surface area contributed by atoms with E-state index < -0.39 is 42.0 Å². The number of aromatic nitrogens is 2. The van der Waals surface area contributed by atoms with Gasteiger partial charge in [0.1, 0.15) is 18.1 Å². The molecular weight excluding hydrogens is 504 g/mol. The number of carbonyl (C=O) groups is 4. The average Bonchev–Trinajstić information content (AvgIpc) is 3.58. The van der Waals surface area contributed by atoms with Gasteiger partial charge in [0.05, 0.1) is 18.6 Å². The minimum Gasteiger partial charge on any atom is -0.421 e. The van der Waals surface area contributed by atoms with Gasteiger partial charge in [-0.3, -0.25) is 24.5 Å². The molecule has 0 aliphatic carbocycles. The number of nitrogens with two attached hydrogens (primary N) is 1. The zero-order chi connectivity index (χ0) is 28.5. The first-order valence-electron chi connectivity index (χ1n) is 14.1. The first kappa shape index (κ1) is 30.5. The summed E-state index contributed by atoms with van der Waals surface area (Å²) in [7, 11) is 0. The fraction of sp³-hybridized carbons (Fsp3) is 0.769. The Balaban J connectivity index is 1.91. The number of rotatable bonds is 7. The maximum atomic E-state index is 13.4. The predicted molar refractivity (Wildman–Crippen MR) is 143 cm³/mol. The highest BCUT2D eigenvalue weighted by Crippen LogP contribution is 2.24. The lowest BCUT2D eigenvalue weighted by Crippen LogP contribution is -2.56. The summed E-state index contributed by atoms with van der Waals surface area (Å²) in [5.41, 5.74) is 5.65. The molecule has 0 spiro atoms. The van der Waals surface area contributed by atoms with Crippen molar-refractivity contribution in [3.05, 3.63) is 11.8 Å². The van der Waals surface area contributed by atoms with Crippen molar-refractivity contribution < 1.29 is 23.6 Å². The summed E-state index contributed by atoms with van der Waals surface area (Å²) >= 11 is 0. The van der Waals surface area contributed by atoms with Gasteiger partial charge in [0.15, 0.2) is 0 Å². The number of nitrogens with one attached hydrogen (secondary N) is 4. The van der Waals surface area contributed by atoms with Crippen LogP contribution in [0.3, 0.4) is 0 Å². The Morgan fingerprint density at radius 2 is 1.74 bits per heavy atom. The molecule has 13 nitrogen and oxygen atoms in total. The SMILES string of the molecule is CCC1N[C@@H](C)C(=O)N2CCC[C@H]2C(=O)N[C@@H](CC(C)C)C(=O)NCC(=O)N[C@@H](CCCCN)c2nnc1o2. The fourth-order valence-electron chi connectivity index (χ4n) is 5.07. The monoisotopic (exact) mass is 548 g/mol. The van der Waals surface area contributed by atoms with Crippen molar-refractivity contribution in [1.29, 1.82) is 0 Å². The number of hydrogen-bond acceptors (Lipinski definition) is 9. The number of nitrogens with zero attached hydrogens (tertiary/aromatic N) is 3. The lowest BCUT2D eigenvalue weighted by molar-refractivity contribution is -0.141. The van der Waals surface area contributed by atoms with E-state index in [-0.39, 0.29) is 30.2 Å². The summed E-state index contributed by atoms with van der Waals surface area (Å²) in [5, 5.41) is 20.0. The summed E-state index contributed by atoms with van der Waals surface area (Å²) in [6.07, 6.45) is 4.19. The molecule has 3 rings (SSSR count). The van der Waals surface area contributed by atoms with Gasteiger partial charge < -0.3 is 31.0 Å². The van der Waals surface area contributed by atoms with E-state index in [9.17, 15) is 19.2 Å². The van der Waals surface area contributed by atoms with E-state index >= 15 is 0 Å². The van der Waals surface area contributed by atoms with Crippen molar-refractivity contribution in [2.24, 2.45) is 11.7 Å². The molecular formula is C26H44N8O5. The Morgan fingerprint density at radius 1 is 1.03 bits per heavy atom. The van der Waals surface area contributed by atoms with Crippen LogP contribution in [0.4, 0.5) is 0 Å². The van der Waals surface area contributed by atoms with Gasteiger partial charge in [-0.2, -0.15) is 0 Å². The quantitative estimate of drug-likeness (QED) is 0.302. The van der Waals surface area contributed by atoms with E-state index in [1.54, 1.807) is 11.8 Å². The largest absolute Gasteiger partial charge is 0.421 e. The molecule has 0 saturated carbocycles. The molecule has 39 heavy (non-hydrogen) atoms. The second-order valence-corrected chi connectivity index (χ2v) is 10.8. The molecule has 6 N–H and O–H groups in total. The number of fused-ring (bicyclic) bond motifs is 3. The van der Waals surface area contributed by atoms with E-state index in [1.165, 1.54) is 0 Å². The molecule has 13 heteroatoms. The molecule has 1 aromatic heterocycles. The smallest absolute Gasteiger partial charge is 0.243 e. The molecule has 0 aromatic carbocycles. The van der Waals surface area contributed by atoms with Gasteiger partial charge in [-0.25, -0.2) is 0 Å². The van der Waals surface area contributed by atoms with Crippen molar-refractivity contribution in [3.63, 3.8) is 0 Å². The number of amides is 4. The molecule has 1 fully saturated rings. The highest BCUT2D eigenvalue weighted by Gasteiger charge is 2.38. The molecule has 0 radical (unpaired) electrons. The van der Waals surface area contributed by atoms with Crippen LogP contribution in [0, 0.1) is 5.92 Å². The van der Waals surface area contributed by atoms with Crippen LogP contribution in [-0.4, -0.2) is 76.5 Å². The summed E-state index contributed by atoms with van der Waals surface area (Å²) < 4.78 is 5.99. The Morgan fingerprint density at radius 3 is 2.41 bits per heavy atom. The second kappa shape index (κ2) is 14.4. The Labute approximate surface area is 229 Å². The molecule has 5 atom stereocenters. The fourth-order valence-corrected chi connectivity index (χ4v) is 5.07. The van der Waals surface area contributed by atoms with E-state index in [4.69, 9.17) is 10.2 Å². The van der Waals surface area contributed by atoms with Gasteiger partial charge in [0, 0.05) is 6.54 Å². The normalized spacial score (nSPS) is 27.4. The Hall–Kier alpha value is -3.06. The zero-order valence-corrected chi connectivity index (χ0v) is 23.5. The van der Waals surface area contributed by atoms with Gasteiger partial charge in [-0.1, -0.05) is 20.8 Å². The topological polar surface area (TPSA) is 185 Å². The maximum absolute atomic E-state index is 13.4. The molecule has 3 heterocycles. The summed E-state index contributed by atoms with van der Waals surface area (Å²) in [5.74, 6) is -0.759. The lowest BCUT2D eigenvalue weighted by atomic mass is 10.0. The highest BCUT2D eigenvalue weighted by molar-refractivity contribution is 5.94. The van der Waals surface area contributed by atoms with Crippen molar-refractivity contribution >= 4 is 23.6 Å². The Kier molecular flexibility index (Phi) is 11.2. The van der Waals surface area contributed by atoms with Crippen molar-refractivity contribution in [2.45, 2.75) is 103 Å². The first-order chi connectivity index (χ1) is 18.6. The molecule has 1 saturated heterocycles. The summed E-state index contributed by atoms with van der Waals surface area (Å²) in [6.45, 7) is 8.28. The van der Waals surface area contributed by atoms with E-state index in [2.05, 4.69) is 31.5 Å². The van der Waals surface area contributed by atoms with E-state index in [1.807, 2.05) is 20.8 Å². The van der Waals surface area contributed by atoms with E-state index in [0.29, 0.717) is 51.1 Å².